The Labute approximate surface area is 73.5 Å². The molecule has 12 heavy (non-hydrogen) atoms. The maximum absolute atomic E-state index is 8.95. The zero-order chi connectivity index (χ0) is 8.60. The smallest absolute Gasteiger partial charge is 0.0843 e. The minimum absolute atomic E-state index is 0.0336. The van der Waals surface area contributed by atoms with E-state index in [1.807, 2.05) is 0 Å². The Balaban J connectivity index is 2.15. The highest BCUT2D eigenvalue weighted by molar-refractivity contribution is 5.06. The molecule has 1 heterocycles. The molecule has 3 unspecified atom stereocenters. The molecular weight excluding hydrogens is 150 g/mol. The quantitative estimate of drug-likeness (QED) is 0.550. The summed E-state index contributed by atoms with van der Waals surface area (Å²) in [4.78, 5) is 0. The Bertz CT molecular complexity index is 220. The summed E-state index contributed by atoms with van der Waals surface area (Å²) >= 11 is 0. The van der Waals surface area contributed by atoms with Gasteiger partial charge in [0.05, 0.1) is 17.6 Å². The fourth-order valence-corrected chi connectivity index (χ4v) is 2.66. The second-order valence-corrected chi connectivity index (χ2v) is 4.23. The molecule has 1 spiro atoms. The van der Waals surface area contributed by atoms with E-state index in [9.17, 15) is 0 Å². The normalized spacial score (nSPS) is 46.7. The van der Waals surface area contributed by atoms with E-state index in [2.05, 4.69) is 13.0 Å². The van der Waals surface area contributed by atoms with Crippen molar-refractivity contribution in [3.05, 3.63) is 0 Å². The number of ether oxygens (including phenoxy) is 1. The average molecular weight is 165 g/mol. The number of rotatable bonds is 0. The summed E-state index contributed by atoms with van der Waals surface area (Å²) in [7, 11) is 0. The fourth-order valence-electron chi connectivity index (χ4n) is 2.66. The first kappa shape index (κ1) is 8.07. The molecule has 2 fully saturated rings. The van der Waals surface area contributed by atoms with Crippen LogP contribution in [-0.4, -0.2) is 12.2 Å². The van der Waals surface area contributed by atoms with Crippen LogP contribution in [0.25, 0.3) is 0 Å². The summed E-state index contributed by atoms with van der Waals surface area (Å²) in [6.45, 7) is 3.05. The van der Waals surface area contributed by atoms with Gasteiger partial charge < -0.3 is 4.74 Å². The van der Waals surface area contributed by atoms with Crippen LogP contribution in [0.3, 0.4) is 0 Å². The monoisotopic (exact) mass is 165 g/mol. The third-order valence-corrected chi connectivity index (χ3v) is 3.34. The van der Waals surface area contributed by atoms with E-state index in [4.69, 9.17) is 10.00 Å². The zero-order valence-electron chi connectivity index (χ0n) is 7.55. The van der Waals surface area contributed by atoms with Gasteiger partial charge in [-0.2, -0.15) is 5.26 Å². The first-order valence-electron chi connectivity index (χ1n) is 4.80. The molecule has 1 aliphatic carbocycles. The van der Waals surface area contributed by atoms with Crippen molar-refractivity contribution < 1.29 is 4.74 Å². The van der Waals surface area contributed by atoms with Gasteiger partial charge in [-0.3, -0.25) is 0 Å². The molecule has 2 rings (SSSR count). The molecule has 2 aliphatic rings. The summed E-state index contributed by atoms with van der Waals surface area (Å²) in [5.41, 5.74) is -0.0336. The van der Waals surface area contributed by atoms with Gasteiger partial charge in [0.25, 0.3) is 0 Å². The second-order valence-electron chi connectivity index (χ2n) is 4.23. The molecule has 0 amide bonds. The molecule has 1 saturated heterocycles. The van der Waals surface area contributed by atoms with Crippen LogP contribution >= 0.6 is 0 Å². The molecule has 0 aromatic carbocycles. The van der Waals surface area contributed by atoms with Crippen molar-refractivity contribution in [1.82, 2.24) is 0 Å². The molecule has 2 nitrogen and oxygen atoms in total. The van der Waals surface area contributed by atoms with Crippen molar-refractivity contribution in [1.29, 1.82) is 5.26 Å². The Hall–Kier alpha value is -0.550. The lowest BCUT2D eigenvalue weighted by molar-refractivity contribution is -0.00685. The molecule has 0 bridgehead atoms. The van der Waals surface area contributed by atoms with E-state index in [1.54, 1.807) is 0 Å². The van der Waals surface area contributed by atoms with Crippen LogP contribution in [0.1, 0.15) is 32.6 Å². The van der Waals surface area contributed by atoms with Gasteiger partial charge in [0, 0.05) is 6.61 Å². The topological polar surface area (TPSA) is 33.0 Å². The van der Waals surface area contributed by atoms with Gasteiger partial charge in [0.1, 0.15) is 0 Å². The molecule has 0 aromatic heterocycles. The van der Waals surface area contributed by atoms with Gasteiger partial charge in [-0.1, -0.05) is 6.92 Å². The average Bonchev–Trinajstić information content (AvgIpc) is 2.60. The number of nitriles is 1. The summed E-state index contributed by atoms with van der Waals surface area (Å²) in [5.74, 6) is 0.918. The van der Waals surface area contributed by atoms with Gasteiger partial charge in [-0.05, 0) is 31.6 Å². The summed E-state index contributed by atoms with van der Waals surface area (Å²) in [6.07, 6.45) is 4.39. The lowest BCUT2D eigenvalue weighted by Crippen LogP contribution is -2.31. The molecule has 0 radical (unpaired) electrons. The third kappa shape index (κ3) is 1.04. The largest absolute Gasteiger partial charge is 0.374 e. The van der Waals surface area contributed by atoms with E-state index in [0.29, 0.717) is 0 Å². The van der Waals surface area contributed by atoms with E-state index >= 15 is 0 Å². The molecule has 1 aliphatic heterocycles. The number of hydrogen-bond donors (Lipinski definition) is 0. The van der Waals surface area contributed by atoms with Gasteiger partial charge >= 0.3 is 0 Å². The Morgan fingerprint density at radius 2 is 2.33 bits per heavy atom. The van der Waals surface area contributed by atoms with E-state index in [-0.39, 0.29) is 11.5 Å². The SMILES string of the molecule is CC1CCC2(C1)OCCC2C#N. The van der Waals surface area contributed by atoms with Crippen molar-refractivity contribution in [3.8, 4) is 6.07 Å². The van der Waals surface area contributed by atoms with E-state index in [1.165, 1.54) is 6.42 Å². The van der Waals surface area contributed by atoms with Crippen LogP contribution < -0.4 is 0 Å². The Morgan fingerprint density at radius 3 is 2.92 bits per heavy atom. The van der Waals surface area contributed by atoms with Crippen molar-refractivity contribution >= 4 is 0 Å². The summed E-state index contributed by atoms with van der Waals surface area (Å²) < 4.78 is 5.75. The molecule has 0 N–H and O–H groups in total. The Kier molecular flexibility index (Phi) is 1.84. The maximum atomic E-state index is 8.95. The first-order valence-corrected chi connectivity index (χ1v) is 4.80. The Morgan fingerprint density at radius 1 is 1.50 bits per heavy atom. The van der Waals surface area contributed by atoms with Crippen molar-refractivity contribution in [3.63, 3.8) is 0 Å². The molecule has 0 aromatic rings. The lowest BCUT2D eigenvalue weighted by Gasteiger charge is -2.25. The van der Waals surface area contributed by atoms with Crippen LogP contribution in [-0.2, 0) is 4.74 Å². The van der Waals surface area contributed by atoms with Crippen molar-refractivity contribution in [2.24, 2.45) is 11.8 Å². The van der Waals surface area contributed by atoms with Gasteiger partial charge in [0.2, 0.25) is 0 Å². The third-order valence-electron chi connectivity index (χ3n) is 3.34. The molecule has 3 atom stereocenters. The minimum Gasteiger partial charge on any atom is -0.374 e. The van der Waals surface area contributed by atoms with Crippen LogP contribution in [0, 0.1) is 23.2 Å². The zero-order valence-corrected chi connectivity index (χ0v) is 7.55. The molecule has 66 valence electrons. The van der Waals surface area contributed by atoms with Crippen molar-refractivity contribution in [2.75, 3.05) is 6.61 Å². The minimum atomic E-state index is -0.0336. The molecule has 2 heteroatoms. The van der Waals surface area contributed by atoms with E-state index < -0.39 is 0 Å². The van der Waals surface area contributed by atoms with Gasteiger partial charge in [-0.15, -0.1) is 0 Å². The number of nitrogens with zero attached hydrogens (tertiary/aromatic N) is 1. The standard InChI is InChI=1S/C10H15NO/c1-8-2-4-10(6-8)9(7-11)3-5-12-10/h8-9H,2-6H2,1H3. The predicted octanol–water partition coefficient (Wildman–Crippen LogP) is 2.11. The van der Waals surface area contributed by atoms with Crippen LogP contribution in [0.4, 0.5) is 0 Å². The maximum Gasteiger partial charge on any atom is 0.0843 e. The van der Waals surface area contributed by atoms with Crippen molar-refractivity contribution in [2.45, 2.75) is 38.2 Å². The van der Waals surface area contributed by atoms with E-state index in [0.717, 1.165) is 31.8 Å². The lowest BCUT2D eigenvalue weighted by atomic mass is 9.86. The predicted molar refractivity (Wildman–Crippen MR) is 45.4 cm³/mol. The van der Waals surface area contributed by atoms with Crippen LogP contribution in [0.5, 0.6) is 0 Å². The number of hydrogen-bond acceptors (Lipinski definition) is 2. The highest BCUT2D eigenvalue weighted by atomic mass is 16.5. The highest BCUT2D eigenvalue weighted by Crippen LogP contribution is 2.46. The summed E-state index contributed by atoms with van der Waals surface area (Å²) in [6, 6.07) is 2.39. The van der Waals surface area contributed by atoms with Crippen LogP contribution in [0.15, 0.2) is 0 Å². The van der Waals surface area contributed by atoms with Gasteiger partial charge in [-0.25, -0.2) is 0 Å². The summed E-state index contributed by atoms with van der Waals surface area (Å²) in [5, 5.41) is 8.95. The van der Waals surface area contributed by atoms with Crippen LogP contribution in [0.2, 0.25) is 0 Å². The second kappa shape index (κ2) is 2.74. The first-order chi connectivity index (χ1) is 5.77. The molecular formula is C10H15NO. The highest BCUT2D eigenvalue weighted by Gasteiger charge is 2.48. The molecule has 1 saturated carbocycles. The van der Waals surface area contributed by atoms with Gasteiger partial charge in [0.15, 0.2) is 0 Å². The fraction of sp³-hybridized carbons (Fsp3) is 0.900.